The molecule has 1 N–H and O–H groups in total. The lowest BCUT2D eigenvalue weighted by molar-refractivity contribution is -0.121. The van der Waals surface area contributed by atoms with Crippen molar-refractivity contribution >= 4 is 33.4 Å². The van der Waals surface area contributed by atoms with E-state index in [1.54, 1.807) is 13.8 Å². The number of hydrogen-bond donors (Lipinski definition) is 1. The zero-order valence-corrected chi connectivity index (χ0v) is 16.7. The number of rotatable bonds is 6. The summed E-state index contributed by atoms with van der Waals surface area (Å²) >= 11 is 1.13. The quantitative estimate of drug-likeness (QED) is 0.779. The zero-order chi connectivity index (χ0) is 19.5. The van der Waals surface area contributed by atoms with Gasteiger partial charge in [-0.25, -0.2) is 9.78 Å². The maximum Gasteiger partial charge on any atom is 0.348 e. The van der Waals surface area contributed by atoms with E-state index in [-0.39, 0.29) is 30.0 Å². The molecule has 0 aromatic carbocycles. The molecule has 8 heteroatoms. The van der Waals surface area contributed by atoms with Crippen molar-refractivity contribution in [3.05, 3.63) is 27.1 Å². The second-order valence-corrected chi connectivity index (χ2v) is 8.29. The molecule has 0 spiro atoms. The van der Waals surface area contributed by atoms with Crippen LogP contribution >= 0.6 is 11.3 Å². The van der Waals surface area contributed by atoms with Gasteiger partial charge in [-0.15, -0.1) is 11.3 Å². The first-order valence-electron chi connectivity index (χ1n) is 8.56. The lowest BCUT2D eigenvalue weighted by Crippen LogP contribution is -2.34. The smallest absolute Gasteiger partial charge is 0.348 e. The molecule has 0 saturated heterocycles. The third-order valence-corrected chi connectivity index (χ3v) is 5.07. The molecule has 0 atom stereocenters. The summed E-state index contributed by atoms with van der Waals surface area (Å²) in [7, 11) is 0. The normalized spacial score (nSPS) is 11.6. The lowest BCUT2D eigenvalue weighted by Gasteiger charge is -2.18. The molecule has 0 unspecified atom stereocenters. The molecule has 2 heterocycles. The number of esters is 1. The van der Waals surface area contributed by atoms with Gasteiger partial charge in [-0.2, -0.15) is 0 Å². The van der Waals surface area contributed by atoms with E-state index in [1.807, 2.05) is 0 Å². The van der Waals surface area contributed by atoms with Crippen LogP contribution in [-0.4, -0.2) is 34.6 Å². The minimum absolute atomic E-state index is 0.101. The minimum Gasteiger partial charge on any atom is -0.462 e. The standard InChI is InChI=1S/C18H25N3O4S/c1-6-25-17(24)14-11(2)13-15(26-14)20-10-21(16(13)23)9-12(22)19-8-7-18(3,4)5/h10H,6-9H2,1-5H3,(H,19,22). The summed E-state index contributed by atoms with van der Waals surface area (Å²) < 4.78 is 6.28. The van der Waals surface area contributed by atoms with E-state index >= 15 is 0 Å². The molecule has 2 rings (SSSR count). The molecule has 142 valence electrons. The molecule has 1 amide bonds. The van der Waals surface area contributed by atoms with Crippen LogP contribution in [0.1, 0.15) is 49.4 Å². The Labute approximate surface area is 156 Å². The Morgan fingerprint density at radius 2 is 2.04 bits per heavy atom. The van der Waals surface area contributed by atoms with Gasteiger partial charge in [0, 0.05) is 6.54 Å². The van der Waals surface area contributed by atoms with Crippen LogP contribution in [0.3, 0.4) is 0 Å². The summed E-state index contributed by atoms with van der Waals surface area (Å²) in [4.78, 5) is 41.9. The molecular weight excluding hydrogens is 354 g/mol. The molecule has 2 aromatic rings. The molecule has 0 aliphatic carbocycles. The van der Waals surface area contributed by atoms with Crippen molar-refractivity contribution in [2.75, 3.05) is 13.2 Å². The van der Waals surface area contributed by atoms with E-state index in [4.69, 9.17) is 4.74 Å². The van der Waals surface area contributed by atoms with Gasteiger partial charge in [0.05, 0.1) is 18.3 Å². The third-order valence-electron chi connectivity index (χ3n) is 3.89. The summed E-state index contributed by atoms with van der Waals surface area (Å²) in [5.74, 6) is -0.699. The van der Waals surface area contributed by atoms with Crippen LogP contribution < -0.4 is 10.9 Å². The Morgan fingerprint density at radius 1 is 1.35 bits per heavy atom. The first kappa shape index (κ1) is 20.1. The molecule has 7 nitrogen and oxygen atoms in total. The maximum absolute atomic E-state index is 12.7. The van der Waals surface area contributed by atoms with Crippen LogP contribution in [-0.2, 0) is 16.1 Å². The van der Waals surface area contributed by atoms with Crippen molar-refractivity contribution in [2.45, 2.75) is 47.6 Å². The van der Waals surface area contributed by atoms with E-state index in [0.717, 1.165) is 17.8 Å². The number of nitrogens with one attached hydrogen (secondary N) is 1. The van der Waals surface area contributed by atoms with Crippen LogP contribution in [0.4, 0.5) is 0 Å². The fraction of sp³-hybridized carbons (Fsp3) is 0.556. The number of nitrogens with zero attached hydrogens (tertiary/aromatic N) is 2. The number of thiophene rings is 1. The van der Waals surface area contributed by atoms with Gasteiger partial charge in [0.25, 0.3) is 5.56 Å². The Hall–Kier alpha value is -2.22. The highest BCUT2D eigenvalue weighted by Crippen LogP contribution is 2.27. The third kappa shape index (κ3) is 4.69. The minimum atomic E-state index is -0.459. The molecule has 0 saturated carbocycles. The topological polar surface area (TPSA) is 90.3 Å². The number of fused-ring (bicyclic) bond motifs is 1. The number of carbonyl (C=O) groups excluding carboxylic acids is 2. The van der Waals surface area contributed by atoms with Gasteiger partial charge in [0.2, 0.25) is 5.91 Å². The number of hydrogen-bond acceptors (Lipinski definition) is 6. The average Bonchev–Trinajstić information content (AvgIpc) is 2.87. The monoisotopic (exact) mass is 379 g/mol. The summed E-state index contributed by atoms with van der Waals surface area (Å²) in [5.41, 5.74) is 0.343. The molecule has 0 fully saturated rings. The van der Waals surface area contributed by atoms with Crippen LogP contribution in [0, 0.1) is 12.3 Å². The number of ether oxygens (including phenoxy) is 1. The molecule has 0 aliphatic heterocycles. The molecule has 0 bridgehead atoms. The second kappa shape index (κ2) is 7.99. The predicted octanol–water partition coefficient (Wildman–Crippen LogP) is 2.50. The fourth-order valence-electron chi connectivity index (χ4n) is 2.45. The highest BCUT2D eigenvalue weighted by molar-refractivity contribution is 7.20. The SMILES string of the molecule is CCOC(=O)c1sc2ncn(CC(=O)NCCC(C)(C)C)c(=O)c2c1C. The van der Waals surface area contributed by atoms with Crippen LogP contribution in [0.15, 0.2) is 11.1 Å². The molecule has 26 heavy (non-hydrogen) atoms. The zero-order valence-electron chi connectivity index (χ0n) is 15.8. The van der Waals surface area contributed by atoms with Gasteiger partial charge >= 0.3 is 5.97 Å². The van der Waals surface area contributed by atoms with Crippen LogP contribution in [0.2, 0.25) is 0 Å². The second-order valence-electron chi connectivity index (χ2n) is 7.30. The van der Waals surface area contributed by atoms with Gasteiger partial charge in [-0.3, -0.25) is 14.2 Å². The molecule has 0 aliphatic rings. The van der Waals surface area contributed by atoms with Gasteiger partial charge in [0.15, 0.2) is 0 Å². The Kier molecular flexibility index (Phi) is 6.17. The highest BCUT2D eigenvalue weighted by atomic mass is 32.1. The highest BCUT2D eigenvalue weighted by Gasteiger charge is 2.20. The average molecular weight is 379 g/mol. The van der Waals surface area contributed by atoms with Crippen LogP contribution in [0.25, 0.3) is 10.2 Å². The van der Waals surface area contributed by atoms with Gasteiger partial charge in [-0.05, 0) is 31.2 Å². The van der Waals surface area contributed by atoms with E-state index in [0.29, 0.717) is 27.2 Å². The van der Waals surface area contributed by atoms with Gasteiger partial charge in [0.1, 0.15) is 16.3 Å². The van der Waals surface area contributed by atoms with Gasteiger partial charge in [-0.1, -0.05) is 20.8 Å². The number of carbonyl (C=O) groups is 2. The first-order valence-corrected chi connectivity index (χ1v) is 9.38. The summed E-state index contributed by atoms with van der Waals surface area (Å²) in [6.07, 6.45) is 2.19. The number of aryl methyl sites for hydroxylation is 1. The van der Waals surface area contributed by atoms with E-state index in [1.165, 1.54) is 10.9 Å². The van der Waals surface area contributed by atoms with Crippen molar-refractivity contribution in [1.82, 2.24) is 14.9 Å². The predicted molar refractivity (Wildman–Crippen MR) is 102 cm³/mol. The number of amides is 1. The van der Waals surface area contributed by atoms with E-state index < -0.39 is 5.97 Å². The van der Waals surface area contributed by atoms with Crippen molar-refractivity contribution < 1.29 is 14.3 Å². The summed E-state index contributed by atoms with van der Waals surface area (Å²) in [5, 5.41) is 3.18. The molecular formula is C18H25N3O4S. The lowest BCUT2D eigenvalue weighted by atomic mass is 9.92. The Balaban J connectivity index is 2.21. The van der Waals surface area contributed by atoms with E-state index in [9.17, 15) is 14.4 Å². The molecule has 2 aromatic heterocycles. The maximum atomic E-state index is 12.7. The fourth-order valence-corrected chi connectivity index (χ4v) is 3.48. The van der Waals surface area contributed by atoms with Crippen LogP contribution in [0.5, 0.6) is 0 Å². The van der Waals surface area contributed by atoms with Gasteiger partial charge < -0.3 is 10.1 Å². The molecule has 0 radical (unpaired) electrons. The Morgan fingerprint density at radius 3 is 2.65 bits per heavy atom. The van der Waals surface area contributed by atoms with Crippen molar-refractivity contribution in [3.63, 3.8) is 0 Å². The largest absolute Gasteiger partial charge is 0.462 e. The number of aromatic nitrogens is 2. The Bertz CT molecular complexity index is 877. The summed E-state index contributed by atoms with van der Waals surface area (Å²) in [6, 6.07) is 0. The van der Waals surface area contributed by atoms with E-state index in [2.05, 4.69) is 31.1 Å². The van der Waals surface area contributed by atoms with Crippen molar-refractivity contribution in [2.24, 2.45) is 5.41 Å². The van der Waals surface area contributed by atoms with Crippen molar-refractivity contribution in [3.8, 4) is 0 Å². The summed E-state index contributed by atoms with van der Waals surface area (Å²) in [6.45, 7) is 10.4. The van der Waals surface area contributed by atoms with Crippen molar-refractivity contribution in [1.29, 1.82) is 0 Å². The first-order chi connectivity index (χ1) is 12.1.